The molecule has 0 aliphatic rings. The van der Waals surface area contributed by atoms with Crippen LogP contribution in [0.25, 0.3) is 0 Å². The van der Waals surface area contributed by atoms with E-state index in [9.17, 15) is 14.4 Å². The van der Waals surface area contributed by atoms with E-state index < -0.39 is 23.8 Å². The Morgan fingerprint density at radius 1 is 1.16 bits per heavy atom. The van der Waals surface area contributed by atoms with Crippen molar-refractivity contribution >= 4 is 17.7 Å². The molecule has 1 aromatic heterocycles. The Hall–Kier alpha value is -3.29. The van der Waals surface area contributed by atoms with Gasteiger partial charge in [-0.2, -0.15) is 0 Å². The van der Waals surface area contributed by atoms with Gasteiger partial charge < -0.3 is 14.5 Å². The number of amides is 3. The zero-order valence-corrected chi connectivity index (χ0v) is 13.9. The number of hydrogen-bond acceptors (Lipinski definition) is 5. The summed E-state index contributed by atoms with van der Waals surface area (Å²) >= 11 is 0. The number of hydrazine groups is 1. The van der Waals surface area contributed by atoms with Crippen molar-refractivity contribution in [3.8, 4) is 5.75 Å². The van der Waals surface area contributed by atoms with E-state index in [1.807, 2.05) is 19.1 Å². The van der Waals surface area contributed by atoms with Crippen LogP contribution in [0.4, 0.5) is 0 Å². The van der Waals surface area contributed by atoms with Crippen LogP contribution in [-0.2, 0) is 9.59 Å². The molecule has 3 N–H and O–H groups in total. The molecule has 2 aromatic rings. The Morgan fingerprint density at radius 3 is 2.64 bits per heavy atom. The summed E-state index contributed by atoms with van der Waals surface area (Å²) in [4.78, 5) is 35.3. The number of furan rings is 1. The second kappa shape index (κ2) is 8.53. The van der Waals surface area contributed by atoms with E-state index in [4.69, 9.17) is 9.15 Å². The number of carbonyl (C=O) groups excluding carboxylic acids is 3. The molecule has 0 aliphatic carbocycles. The van der Waals surface area contributed by atoms with Gasteiger partial charge in [-0.3, -0.25) is 25.2 Å². The first-order chi connectivity index (χ1) is 12.0. The van der Waals surface area contributed by atoms with Gasteiger partial charge in [-0.05, 0) is 43.7 Å². The SMILES string of the molecule is Cc1cccc(OCC(=O)NNC(=O)[C@H](C)NC(=O)c2ccco2)c1. The molecular formula is C17H19N3O5. The van der Waals surface area contributed by atoms with Crippen molar-refractivity contribution in [3.05, 3.63) is 54.0 Å². The van der Waals surface area contributed by atoms with Crippen LogP contribution in [0.1, 0.15) is 23.0 Å². The Labute approximate surface area is 144 Å². The van der Waals surface area contributed by atoms with Crippen LogP contribution < -0.4 is 20.9 Å². The van der Waals surface area contributed by atoms with Crippen LogP contribution >= 0.6 is 0 Å². The van der Waals surface area contributed by atoms with Crippen molar-refractivity contribution in [1.29, 1.82) is 0 Å². The first kappa shape index (κ1) is 18.1. The van der Waals surface area contributed by atoms with E-state index in [-0.39, 0.29) is 12.4 Å². The average Bonchev–Trinajstić information content (AvgIpc) is 3.12. The monoisotopic (exact) mass is 345 g/mol. The third-order valence-electron chi connectivity index (χ3n) is 3.17. The molecule has 0 saturated heterocycles. The lowest BCUT2D eigenvalue weighted by atomic mass is 10.2. The maximum absolute atomic E-state index is 11.9. The second-order valence-corrected chi connectivity index (χ2v) is 5.32. The number of ether oxygens (including phenoxy) is 1. The van der Waals surface area contributed by atoms with Crippen molar-refractivity contribution in [3.63, 3.8) is 0 Å². The van der Waals surface area contributed by atoms with Crippen molar-refractivity contribution < 1.29 is 23.5 Å². The number of carbonyl (C=O) groups is 3. The van der Waals surface area contributed by atoms with Gasteiger partial charge in [0, 0.05) is 0 Å². The van der Waals surface area contributed by atoms with Gasteiger partial charge in [0.05, 0.1) is 6.26 Å². The molecule has 8 nitrogen and oxygen atoms in total. The number of benzene rings is 1. The zero-order valence-electron chi connectivity index (χ0n) is 13.9. The summed E-state index contributed by atoms with van der Waals surface area (Å²) in [5.41, 5.74) is 5.44. The van der Waals surface area contributed by atoms with Crippen LogP contribution in [0.3, 0.4) is 0 Å². The highest BCUT2D eigenvalue weighted by Gasteiger charge is 2.18. The molecule has 1 heterocycles. The number of hydrogen-bond donors (Lipinski definition) is 3. The fraction of sp³-hybridized carbons (Fsp3) is 0.235. The van der Waals surface area contributed by atoms with E-state index in [1.54, 1.807) is 18.2 Å². The first-order valence-electron chi connectivity index (χ1n) is 7.58. The Bertz CT molecular complexity index is 743. The van der Waals surface area contributed by atoms with E-state index in [1.165, 1.54) is 19.3 Å². The van der Waals surface area contributed by atoms with Gasteiger partial charge in [-0.1, -0.05) is 12.1 Å². The molecule has 0 spiro atoms. The summed E-state index contributed by atoms with van der Waals surface area (Å²) in [5.74, 6) is -0.985. The summed E-state index contributed by atoms with van der Waals surface area (Å²) in [6.45, 7) is 3.13. The maximum Gasteiger partial charge on any atom is 0.287 e. The average molecular weight is 345 g/mol. The smallest absolute Gasteiger partial charge is 0.287 e. The molecule has 3 amide bonds. The quantitative estimate of drug-likeness (QED) is 0.675. The molecule has 132 valence electrons. The highest BCUT2D eigenvalue weighted by atomic mass is 16.5. The summed E-state index contributed by atoms with van der Waals surface area (Å²) < 4.78 is 10.2. The zero-order chi connectivity index (χ0) is 18.2. The molecular weight excluding hydrogens is 326 g/mol. The van der Waals surface area contributed by atoms with E-state index in [0.717, 1.165) is 5.56 Å². The van der Waals surface area contributed by atoms with Crippen molar-refractivity contribution in [2.75, 3.05) is 6.61 Å². The highest BCUT2D eigenvalue weighted by molar-refractivity contribution is 5.95. The molecule has 0 unspecified atom stereocenters. The van der Waals surface area contributed by atoms with Crippen LogP contribution in [0.2, 0.25) is 0 Å². The minimum absolute atomic E-state index is 0.0928. The van der Waals surface area contributed by atoms with Gasteiger partial charge in [-0.15, -0.1) is 0 Å². The molecule has 25 heavy (non-hydrogen) atoms. The topological polar surface area (TPSA) is 110 Å². The summed E-state index contributed by atoms with van der Waals surface area (Å²) in [5, 5.41) is 2.44. The van der Waals surface area contributed by atoms with Crippen LogP contribution in [-0.4, -0.2) is 30.4 Å². The van der Waals surface area contributed by atoms with Crippen molar-refractivity contribution in [2.24, 2.45) is 0 Å². The predicted molar refractivity (Wildman–Crippen MR) is 88.6 cm³/mol. The molecule has 0 fully saturated rings. The third-order valence-corrected chi connectivity index (χ3v) is 3.17. The van der Waals surface area contributed by atoms with Gasteiger partial charge in [0.1, 0.15) is 11.8 Å². The first-order valence-corrected chi connectivity index (χ1v) is 7.58. The molecule has 1 aromatic carbocycles. The fourth-order valence-corrected chi connectivity index (χ4v) is 1.87. The summed E-state index contributed by atoms with van der Waals surface area (Å²) in [6.07, 6.45) is 1.36. The lowest BCUT2D eigenvalue weighted by Gasteiger charge is -2.14. The van der Waals surface area contributed by atoms with Crippen LogP contribution in [0.15, 0.2) is 47.1 Å². The minimum Gasteiger partial charge on any atom is -0.484 e. The van der Waals surface area contributed by atoms with Gasteiger partial charge in [0.25, 0.3) is 17.7 Å². The van der Waals surface area contributed by atoms with Crippen molar-refractivity contribution in [1.82, 2.24) is 16.2 Å². The summed E-state index contributed by atoms with van der Waals surface area (Å²) in [7, 11) is 0. The number of aryl methyl sites for hydroxylation is 1. The summed E-state index contributed by atoms with van der Waals surface area (Å²) in [6, 6.07) is 9.41. The van der Waals surface area contributed by atoms with Gasteiger partial charge in [0.15, 0.2) is 12.4 Å². The third kappa shape index (κ3) is 5.69. The van der Waals surface area contributed by atoms with E-state index in [0.29, 0.717) is 5.75 Å². The molecule has 0 aliphatic heterocycles. The minimum atomic E-state index is -0.865. The van der Waals surface area contributed by atoms with Gasteiger partial charge in [0.2, 0.25) is 0 Å². The van der Waals surface area contributed by atoms with Crippen LogP contribution in [0, 0.1) is 6.92 Å². The molecule has 0 saturated carbocycles. The number of rotatable bonds is 6. The molecule has 0 radical (unpaired) electrons. The van der Waals surface area contributed by atoms with E-state index >= 15 is 0 Å². The lowest BCUT2D eigenvalue weighted by Crippen LogP contribution is -2.51. The molecule has 8 heteroatoms. The largest absolute Gasteiger partial charge is 0.484 e. The fourth-order valence-electron chi connectivity index (χ4n) is 1.87. The Kier molecular flexibility index (Phi) is 6.16. The Balaban J connectivity index is 1.71. The standard InChI is InChI=1S/C17H19N3O5/c1-11-5-3-6-13(9-11)25-10-15(21)19-20-16(22)12(2)18-17(23)14-7-4-8-24-14/h3-9,12H,10H2,1-2H3,(H,18,23)(H,19,21)(H,20,22)/t12-/m0/s1. The molecule has 0 bridgehead atoms. The van der Waals surface area contributed by atoms with Gasteiger partial charge in [-0.25, -0.2) is 0 Å². The van der Waals surface area contributed by atoms with E-state index in [2.05, 4.69) is 16.2 Å². The van der Waals surface area contributed by atoms with Gasteiger partial charge >= 0.3 is 0 Å². The maximum atomic E-state index is 11.9. The van der Waals surface area contributed by atoms with Crippen molar-refractivity contribution in [2.45, 2.75) is 19.9 Å². The number of nitrogens with one attached hydrogen (secondary N) is 3. The highest BCUT2D eigenvalue weighted by Crippen LogP contribution is 2.11. The normalized spacial score (nSPS) is 11.3. The van der Waals surface area contributed by atoms with Crippen LogP contribution in [0.5, 0.6) is 5.75 Å². The molecule has 1 atom stereocenters. The lowest BCUT2D eigenvalue weighted by molar-refractivity contribution is -0.130. The second-order valence-electron chi connectivity index (χ2n) is 5.32. The predicted octanol–water partition coefficient (Wildman–Crippen LogP) is 0.933. The Morgan fingerprint density at radius 2 is 1.96 bits per heavy atom. The molecule has 2 rings (SSSR count).